The molecule has 1 atom stereocenters. The monoisotopic (exact) mass is 271 g/mol. The van der Waals surface area contributed by atoms with E-state index >= 15 is 0 Å². The average molecular weight is 271 g/mol. The van der Waals surface area contributed by atoms with Gasteiger partial charge in [-0.1, -0.05) is 18.2 Å². The number of carboxylic acids is 1. The highest BCUT2D eigenvalue weighted by molar-refractivity contribution is 5.89. The summed E-state index contributed by atoms with van der Waals surface area (Å²) in [5, 5.41) is 9.27. The van der Waals surface area contributed by atoms with Crippen molar-refractivity contribution in [1.29, 1.82) is 0 Å². The largest absolute Gasteiger partial charge is 0.478 e. The van der Waals surface area contributed by atoms with E-state index in [1.54, 1.807) is 18.3 Å². The van der Waals surface area contributed by atoms with Gasteiger partial charge in [0.05, 0.1) is 12.1 Å². The van der Waals surface area contributed by atoms with Crippen LogP contribution in [0.3, 0.4) is 0 Å². The quantitative estimate of drug-likeness (QED) is 0.893. The predicted octanol–water partition coefficient (Wildman–Crippen LogP) is 2.10. The molecular formula is C15H17N3O2. The Balaban J connectivity index is 1.72. The zero-order chi connectivity index (χ0) is 13.9. The molecule has 1 aromatic heterocycles. The van der Waals surface area contributed by atoms with Crippen LogP contribution in [-0.2, 0) is 6.54 Å². The standard InChI is InChI=1S/C15H17N3O2/c19-15(20)13-4-2-1-3-12(13)11-5-8-18(9-11)10-14-16-6-7-17-14/h1-4,6-7,11H,5,8-10H2,(H,16,17)(H,19,20)/t11-/m1/s1. The molecule has 1 aliphatic rings. The van der Waals surface area contributed by atoms with Crippen LogP contribution < -0.4 is 0 Å². The van der Waals surface area contributed by atoms with Crippen molar-refractivity contribution in [2.24, 2.45) is 0 Å². The second-order valence-corrected chi connectivity index (χ2v) is 5.15. The topological polar surface area (TPSA) is 69.2 Å². The minimum absolute atomic E-state index is 0.289. The molecule has 1 saturated heterocycles. The number of aromatic amines is 1. The Labute approximate surface area is 117 Å². The van der Waals surface area contributed by atoms with E-state index in [1.807, 2.05) is 18.3 Å². The molecule has 20 heavy (non-hydrogen) atoms. The van der Waals surface area contributed by atoms with Crippen molar-refractivity contribution < 1.29 is 9.90 Å². The summed E-state index contributed by atoms with van der Waals surface area (Å²) < 4.78 is 0. The zero-order valence-corrected chi connectivity index (χ0v) is 11.1. The molecule has 2 aromatic rings. The molecule has 5 nitrogen and oxygen atoms in total. The third-order valence-electron chi connectivity index (χ3n) is 3.83. The van der Waals surface area contributed by atoms with Gasteiger partial charge in [-0.25, -0.2) is 9.78 Å². The van der Waals surface area contributed by atoms with Crippen LogP contribution in [0.25, 0.3) is 0 Å². The number of carbonyl (C=O) groups is 1. The lowest BCUT2D eigenvalue weighted by molar-refractivity contribution is 0.0695. The van der Waals surface area contributed by atoms with Crippen molar-refractivity contribution in [2.45, 2.75) is 18.9 Å². The van der Waals surface area contributed by atoms with Crippen LogP contribution in [0.4, 0.5) is 0 Å². The summed E-state index contributed by atoms with van der Waals surface area (Å²) in [6.45, 7) is 2.64. The van der Waals surface area contributed by atoms with Crippen molar-refractivity contribution in [1.82, 2.24) is 14.9 Å². The molecule has 5 heteroatoms. The van der Waals surface area contributed by atoms with Crippen molar-refractivity contribution in [3.8, 4) is 0 Å². The van der Waals surface area contributed by atoms with E-state index in [-0.39, 0.29) is 5.92 Å². The average Bonchev–Trinajstić information content (AvgIpc) is 3.11. The highest BCUT2D eigenvalue weighted by atomic mass is 16.4. The molecule has 0 saturated carbocycles. The fourth-order valence-corrected chi connectivity index (χ4v) is 2.87. The van der Waals surface area contributed by atoms with Gasteiger partial charge in [0.2, 0.25) is 0 Å². The third-order valence-corrected chi connectivity index (χ3v) is 3.83. The number of nitrogens with one attached hydrogen (secondary N) is 1. The van der Waals surface area contributed by atoms with Gasteiger partial charge in [-0.3, -0.25) is 4.90 Å². The maximum Gasteiger partial charge on any atom is 0.335 e. The number of hydrogen-bond donors (Lipinski definition) is 2. The molecule has 2 heterocycles. The van der Waals surface area contributed by atoms with Gasteiger partial charge < -0.3 is 10.1 Å². The van der Waals surface area contributed by atoms with Gasteiger partial charge in [-0.05, 0) is 30.5 Å². The summed E-state index contributed by atoms with van der Waals surface area (Å²) >= 11 is 0. The van der Waals surface area contributed by atoms with E-state index in [0.29, 0.717) is 5.56 Å². The number of benzene rings is 1. The maximum absolute atomic E-state index is 11.3. The Hall–Kier alpha value is -2.14. The van der Waals surface area contributed by atoms with Crippen molar-refractivity contribution in [3.63, 3.8) is 0 Å². The summed E-state index contributed by atoms with van der Waals surface area (Å²) in [6.07, 6.45) is 4.57. The number of aromatic carboxylic acids is 1. The first-order chi connectivity index (χ1) is 9.74. The lowest BCUT2D eigenvalue weighted by Gasteiger charge is -2.16. The molecule has 0 radical (unpaired) electrons. The lowest BCUT2D eigenvalue weighted by atomic mass is 9.93. The molecule has 0 spiro atoms. The van der Waals surface area contributed by atoms with Gasteiger partial charge in [-0.15, -0.1) is 0 Å². The summed E-state index contributed by atoms with van der Waals surface area (Å²) in [5.74, 6) is 0.402. The van der Waals surface area contributed by atoms with Gasteiger partial charge in [0.15, 0.2) is 0 Å². The van der Waals surface area contributed by atoms with Gasteiger partial charge in [0, 0.05) is 18.9 Å². The van der Waals surface area contributed by atoms with Crippen LogP contribution in [0.1, 0.15) is 34.1 Å². The Morgan fingerprint density at radius 2 is 2.30 bits per heavy atom. The highest BCUT2D eigenvalue weighted by Crippen LogP contribution is 2.30. The van der Waals surface area contributed by atoms with Gasteiger partial charge in [-0.2, -0.15) is 0 Å². The molecule has 3 rings (SSSR count). The van der Waals surface area contributed by atoms with E-state index in [0.717, 1.165) is 37.4 Å². The molecule has 1 fully saturated rings. The summed E-state index contributed by atoms with van der Waals surface area (Å²) in [5.41, 5.74) is 1.37. The second-order valence-electron chi connectivity index (χ2n) is 5.15. The van der Waals surface area contributed by atoms with Gasteiger partial charge in [0.25, 0.3) is 0 Å². The van der Waals surface area contributed by atoms with E-state index < -0.39 is 5.97 Å². The molecule has 0 amide bonds. The summed E-state index contributed by atoms with van der Waals surface area (Å²) in [7, 11) is 0. The SMILES string of the molecule is O=C(O)c1ccccc1[C@@H]1CCN(Cc2ncc[nH]2)C1. The first-order valence-corrected chi connectivity index (χ1v) is 6.77. The summed E-state index contributed by atoms with van der Waals surface area (Å²) in [4.78, 5) is 20.9. The van der Waals surface area contributed by atoms with Crippen LogP contribution in [0, 0.1) is 0 Å². The molecule has 0 unspecified atom stereocenters. The fourth-order valence-electron chi connectivity index (χ4n) is 2.87. The number of aromatic nitrogens is 2. The van der Waals surface area contributed by atoms with E-state index in [9.17, 15) is 9.90 Å². The number of carboxylic acid groups (broad SMARTS) is 1. The molecule has 104 valence electrons. The molecule has 1 aliphatic heterocycles. The number of rotatable bonds is 4. The van der Waals surface area contributed by atoms with Crippen LogP contribution in [0.15, 0.2) is 36.7 Å². The number of H-pyrrole nitrogens is 1. The smallest absolute Gasteiger partial charge is 0.335 e. The lowest BCUT2D eigenvalue weighted by Crippen LogP contribution is -2.20. The Morgan fingerprint density at radius 3 is 3.05 bits per heavy atom. The second kappa shape index (κ2) is 5.46. The number of likely N-dealkylation sites (tertiary alicyclic amines) is 1. The van der Waals surface area contributed by atoms with E-state index in [4.69, 9.17) is 0 Å². The van der Waals surface area contributed by atoms with Crippen LogP contribution in [-0.4, -0.2) is 39.0 Å². The third kappa shape index (κ3) is 2.58. The Bertz CT molecular complexity index is 595. The Kier molecular flexibility index (Phi) is 3.52. The number of nitrogens with zero attached hydrogens (tertiary/aromatic N) is 2. The normalized spacial score (nSPS) is 19.3. The van der Waals surface area contributed by atoms with Crippen molar-refractivity contribution in [2.75, 3.05) is 13.1 Å². The van der Waals surface area contributed by atoms with Crippen molar-refractivity contribution in [3.05, 3.63) is 53.6 Å². The zero-order valence-electron chi connectivity index (χ0n) is 11.1. The van der Waals surface area contributed by atoms with Crippen LogP contribution in [0.5, 0.6) is 0 Å². The first kappa shape index (κ1) is 12.9. The number of hydrogen-bond acceptors (Lipinski definition) is 3. The molecule has 0 aliphatic carbocycles. The van der Waals surface area contributed by atoms with Gasteiger partial charge >= 0.3 is 5.97 Å². The minimum Gasteiger partial charge on any atom is -0.478 e. The maximum atomic E-state index is 11.3. The van der Waals surface area contributed by atoms with Gasteiger partial charge in [0.1, 0.15) is 5.82 Å². The molecule has 0 bridgehead atoms. The molecule has 1 aromatic carbocycles. The minimum atomic E-state index is -0.843. The molecular weight excluding hydrogens is 254 g/mol. The highest BCUT2D eigenvalue weighted by Gasteiger charge is 2.27. The van der Waals surface area contributed by atoms with E-state index in [1.165, 1.54) is 0 Å². The Morgan fingerprint density at radius 1 is 1.45 bits per heavy atom. The predicted molar refractivity (Wildman–Crippen MR) is 74.6 cm³/mol. The van der Waals surface area contributed by atoms with Crippen molar-refractivity contribution >= 4 is 5.97 Å². The molecule has 2 N–H and O–H groups in total. The fraction of sp³-hybridized carbons (Fsp3) is 0.333. The van der Waals surface area contributed by atoms with E-state index in [2.05, 4.69) is 14.9 Å². The number of imidazole rings is 1. The van der Waals surface area contributed by atoms with Crippen LogP contribution >= 0.6 is 0 Å². The summed E-state index contributed by atoms with van der Waals surface area (Å²) in [6, 6.07) is 7.32. The van der Waals surface area contributed by atoms with Crippen LogP contribution in [0.2, 0.25) is 0 Å². The first-order valence-electron chi connectivity index (χ1n) is 6.77.